The fourth-order valence-corrected chi connectivity index (χ4v) is 3.20. The first-order chi connectivity index (χ1) is 11.3. The predicted octanol–water partition coefficient (Wildman–Crippen LogP) is 4.08. The molecule has 0 fully saturated rings. The molecule has 1 aromatic carbocycles. The first kappa shape index (κ1) is 18.3. The molecule has 0 spiro atoms. The van der Waals surface area contributed by atoms with E-state index >= 15 is 0 Å². The zero-order chi connectivity index (χ0) is 17.9. The van der Waals surface area contributed by atoms with E-state index in [4.69, 9.17) is 0 Å². The molecule has 1 heterocycles. The van der Waals surface area contributed by atoms with E-state index in [1.54, 1.807) is 6.92 Å². The molecule has 2 aromatic rings. The Bertz CT molecular complexity index is 797. The van der Waals surface area contributed by atoms with Gasteiger partial charge in [-0.25, -0.2) is 4.98 Å². The molecule has 0 saturated heterocycles. The second kappa shape index (κ2) is 7.23. The molecule has 1 amide bonds. The first-order valence-electron chi connectivity index (χ1n) is 8.03. The number of hydrogen-bond acceptors (Lipinski definition) is 4. The van der Waals surface area contributed by atoms with Crippen LogP contribution in [0.2, 0.25) is 0 Å². The lowest BCUT2D eigenvalue weighted by atomic mass is 9.90. The summed E-state index contributed by atoms with van der Waals surface area (Å²) in [7, 11) is 0. The Morgan fingerprint density at radius 3 is 2.62 bits per heavy atom. The van der Waals surface area contributed by atoms with Crippen molar-refractivity contribution < 1.29 is 4.79 Å². The number of aryl methyl sites for hydroxylation is 1. The van der Waals surface area contributed by atoms with Gasteiger partial charge < -0.3 is 5.32 Å². The number of pyridine rings is 1. The highest BCUT2D eigenvalue weighted by atomic mass is 32.2. The Morgan fingerprint density at radius 2 is 2.00 bits per heavy atom. The van der Waals surface area contributed by atoms with Gasteiger partial charge in [0.1, 0.15) is 5.54 Å². The number of nitrogens with one attached hydrogen (secondary N) is 1. The van der Waals surface area contributed by atoms with Crippen molar-refractivity contribution in [3.8, 4) is 6.07 Å². The molecule has 0 bridgehead atoms. The molecule has 1 aromatic heterocycles. The summed E-state index contributed by atoms with van der Waals surface area (Å²) in [5.74, 6) is -0.116. The number of carbonyl (C=O) groups excluding carboxylic acids is 1. The summed E-state index contributed by atoms with van der Waals surface area (Å²) in [6.07, 6.45) is 0. The van der Waals surface area contributed by atoms with Crippen LogP contribution in [-0.2, 0) is 4.79 Å². The topological polar surface area (TPSA) is 65.8 Å². The van der Waals surface area contributed by atoms with E-state index in [0.29, 0.717) is 0 Å². The average molecular weight is 341 g/mol. The van der Waals surface area contributed by atoms with E-state index < -0.39 is 5.54 Å². The van der Waals surface area contributed by atoms with Crippen molar-refractivity contribution in [1.29, 1.82) is 5.26 Å². The van der Waals surface area contributed by atoms with Crippen LogP contribution in [0.25, 0.3) is 10.9 Å². The van der Waals surface area contributed by atoms with Gasteiger partial charge in [-0.1, -0.05) is 43.8 Å². The fourth-order valence-electron chi connectivity index (χ4n) is 2.27. The Kier molecular flexibility index (Phi) is 5.51. The van der Waals surface area contributed by atoms with Crippen molar-refractivity contribution in [3.05, 3.63) is 35.9 Å². The van der Waals surface area contributed by atoms with Gasteiger partial charge in [-0.05, 0) is 44.4 Å². The number of rotatable bonds is 5. The lowest BCUT2D eigenvalue weighted by molar-refractivity contribution is -0.121. The van der Waals surface area contributed by atoms with Gasteiger partial charge in [0.2, 0.25) is 5.91 Å². The van der Waals surface area contributed by atoms with Gasteiger partial charge in [0.25, 0.3) is 0 Å². The van der Waals surface area contributed by atoms with Crippen molar-refractivity contribution in [1.82, 2.24) is 10.3 Å². The lowest BCUT2D eigenvalue weighted by Gasteiger charge is -2.28. The van der Waals surface area contributed by atoms with Gasteiger partial charge in [-0.3, -0.25) is 4.79 Å². The summed E-state index contributed by atoms with van der Waals surface area (Å²) in [6.45, 7) is 9.49. The van der Waals surface area contributed by atoms with Gasteiger partial charge >= 0.3 is 0 Å². The largest absolute Gasteiger partial charge is 0.337 e. The Morgan fingerprint density at radius 1 is 1.33 bits per heavy atom. The van der Waals surface area contributed by atoms with Gasteiger partial charge in [0, 0.05) is 5.39 Å². The Balaban J connectivity index is 2.16. The highest BCUT2D eigenvalue weighted by Gasteiger charge is 2.31. The van der Waals surface area contributed by atoms with Gasteiger partial charge in [0.15, 0.2) is 0 Å². The van der Waals surface area contributed by atoms with Crippen molar-refractivity contribution in [3.63, 3.8) is 0 Å². The summed E-state index contributed by atoms with van der Waals surface area (Å²) in [5, 5.41) is 13.8. The zero-order valence-electron chi connectivity index (χ0n) is 14.8. The standard InChI is InChI=1S/C19H23N3OS/c1-12(2)19(5,11-20)22-18(23)14(4)24-17-10-13(3)15-8-6-7-9-16(15)21-17/h6-10,12,14H,1-5H3,(H,22,23)/t14-,19+/m1/s1. The molecule has 126 valence electrons. The number of benzene rings is 1. The van der Waals surface area contributed by atoms with Crippen LogP contribution in [0, 0.1) is 24.2 Å². The van der Waals surface area contributed by atoms with Crippen LogP contribution >= 0.6 is 11.8 Å². The molecule has 4 nitrogen and oxygen atoms in total. The quantitative estimate of drug-likeness (QED) is 0.832. The van der Waals surface area contributed by atoms with E-state index in [9.17, 15) is 10.1 Å². The normalized spacial score (nSPS) is 14.9. The minimum absolute atomic E-state index is 0.0321. The maximum atomic E-state index is 12.5. The molecule has 0 saturated carbocycles. The number of thioether (sulfide) groups is 1. The molecule has 0 unspecified atom stereocenters. The smallest absolute Gasteiger partial charge is 0.234 e. The minimum Gasteiger partial charge on any atom is -0.337 e. The summed E-state index contributed by atoms with van der Waals surface area (Å²) in [5.41, 5.74) is 1.20. The third kappa shape index (κ3) is 3.88. The molecule has 0 aliphatic heterocycles. The predicted molar refractivity (Wildman–Crippen MR) is 98.8 cm³/mol. The minimum atomic E-state index is -0.862. The summed E-state index contributed by atoms with van der Waals surface area (Å²) in [6, 6.07) is 12.2. The molecule has 0 aliphatic rings. The van der Waals surface area contributed by atoms with E-state index in [1.807, 2.05) is 58.0 Å². The lowest BCUT2D eigenvalue weighted by Crippen LogP contribution is -2.51. The second-order valence-corrected chi connectivity index (χ2v) is 7.87. The Labute approximate surface area is 147 Å². The number of carbonyl (C=O) groups is 1. The van der Waals surface area contributed by atoms with E-state index in [-0.39, 0.29) is 17.1 Å². The molecule has 0 aliphatic carbocycles. The van der Waals surface area contributed by atoms with Crippen molar-refractivity contribution >= 4 is 28.6 Å². The molecular weight excluding hydrogens is 318 g/mol. The highest BCUT2D eigenvalue weighted by Crippen LogP contribution is 2.27. The Hall–Kier alpha value is -2.06. The van der Waals surface area contributed by atoms with Crippen LogP contribution < -0.4 is 5.32 Å². The number of hydrogen-bond donors (Lipinski definition) is 1. The van der Waals surface area contributed by atoms with Gasteiger partial charge in [0.05, 0.1) is 21.9 Å². The molecule has 5 heteroatoms. The summed E-state index contributed by atoms with van der Waals surface area (Å²) >= 11 is 1.41. The molecular formula is C19H23N3OS. The summed E-state index contributed by atoms with van der Waals surface area (Å²) < 4.78 is 0. The van der Waals surface area contributed by atoms with Crippen molar-refractivity contribution in [2.75, 3.05) is 0 Å². The average Bonchev–Trinajstić information content (AvgIpc) is 2.54. The van der Waals surface area contributed by atoms with Crippen LogP contribution in [0.5, 0.6) is 0 Å². The number of nitriles is 1. The maximum Gasteiger partial charge on any atom is 0.234 e. The zero-order valence-corrected chi connectivity index (χ0v) is 15.6. The summed E-state index contributed by atoms with van der Waals surface area (Å²) in [4.78, 5) is 17.1. The van der Waals surface area contributed by atoms with E-state index in [1.165, 1.54) is 11.8 Å². The van der Waals surface area contributed by atoms with E-state index in [2.05, 4.69) is 16.4 Å². The van der Waals surface area contributed by atoms with Crippen LogP contribution in [-0.4, -0.2) is 21.7 Å². The maximum absolute atomic E-state index is 12.5. The number of nitrogens with zero attached hydrogens (tertiary/aromatic N) is 2. The van der Waals surface area contributed by atoms with Crippen LogP contribution in [0.3, 0.4) is 0 Å². The van der Waals surface area contributed by atoms with Crippen LogP contribution in [0.4, 0.5) is 0 Å². The number of fused-ring (bicyclic) bond motifs is 1. The number of amides is 1. The SMILES string of the molecule is Cc1cc(S[C@H](C)C(=O)N[C@@](C)(C#N)C(C)C)nc2ccccc12. The molecule has 24 heavy (non-hydrogen) atoms. The highest BCUT2D eigenvalue weighted by molar-refractivity contribution is 8.00. The van der Waals surface area contributed by atoms with Crippen LogP contribution in [0.15, 0.2) is 35.4 Å². The first-order valence-corrected chi connectivity index (χ1v) is 8.91. The third-order valence-corrected chi connectivity index (χ3v) is 5.35. The number of para-hydroxylation sites is 1. The van der Waals surface area contributed by atoms with Crippen LogP contribution in [0.1, 0.15) is 33.3 Å². The fraction of sp³-hybridized carbons (Fsp3) is 0.421. The molecule has 1 N–H and O–H groups in total. The second-order valence-electron chi connectivity index (χ2n) is 6.51. The monoisotopic (exact) mass is 341 g/mol. The molecule has 0 radical (unpaired) electrons. The van der Waals surface area contributed by atoms with Gasteiger partial charge in [-0.2, -0.15) is 5.26 Å². The number of aromatic nitrogens is 1. The molecule has 2 rings (SSSR count). The van der Waals surface area contributed by atoms with E-state index in [0.717, 1.165) is 21.5 Å². The van der Waals surface area contributed by atoms with Crippen molar-refractivity contribution in [2.24, 2.45) is 5.92 Å². The van der Waals surface area contributed by atoms with Crippen molar-refractivity contribution in [2.45, 2.75) is 50.4 Å². The third-order valence-electron chi connectivity index (χ3n) is 4.34. The van der Waals surface area contributed by atoms with Gasteiger partial charge in [-0.15, -0.1) is 0 Å². The molecule has 2 atom stereocenters.